The summed E-state index contributed by atoms with van der Waals surface area (Å²) < 4.78 is 23.4. The molecule has 2 aromatic carbocycles. The Bertz CT molecular complexity index is 1190. The van der Waals surface area contributed by atoms with E-state index in [1.54, 1.807) is 12.1 Å². The number of phenolic OH excluding ortho intramolecular Hbond substituents is 1. The van der Waals surface area contributed by atoms with Gasteiger partial charge in [0.2, 0.25) is 11.2 Å². The monoisotopic (exact) mass is 394 g/mol. The van der Waals surface area contributed by atoms with Crippen LogP contribution in [0.2, 0.25) is 0 Å². The molecular formula is C23H22O6. The Morgan fingerprint density at radius 3 is 2.41 bits per heavy atom. The van der Waals surface area contributed by atoms with Crippen molar-refractivity contribution in [2.45, 2.75) is 26.4 Å². The molecule has 4 rings (SSSR count). The summed E-state index contributed by atoms with van der Waals surface area (Å²) in [7, 11) is 2.95. The molecule has 2 heterocycles. The lowest BCUT2D eigenvalue weighted by atomic mass is 9.99. The second-order valence-corrected chi connectivity index (χ2v) is 7.17. The first-order valence-electron chi connectivity index (χ1n) is 9.23. The molecule has 29 heavy (non-hydrogen) atoms. The highest BCUT2D eigenvalue weighted by Gasteiger charge is 2.33. The van der Waals surface area contributed by atoms with E-state index in [1.807, 2.05) is 13.8 Å². The molecule has 0 saturated carbocycles. The van der Waals surface area contributed by atoms with E-state index in [0.717, 1.165) is 16.7 Å². The molecule has 1 aliphatic rings. The molecule has 0 saturated heterocycles. The lowest BCUT2D eigenvalue weighted by molar-refractivity contribution is 0.269. The first-order chi connectivity index (χ1) is 13.9. The molecular weight excluding hydrogens is 372 g/mol. The van der Waals surface area contributed by atoms with E-state index >= 15 is 0 Å². The highest BCUT2D eigenvalue weighted by atomic mass is 16.5. The quantitative estimate of drug-likeness (QED) is 0.662. The number of aryl methyl sites for hydroxylation is 1. The molecule has 0 unspecified atom stereocenters. The van der Waals surface area contributed by atoms with Gasteiger partial charge in [0.1, 0.15) is 34.3 Å². The summed E-state index contributed by atoms with van der Waals surface area (Å²) in [5.41, 5.74) is 3.12. The fourth-order valence-electron chi connectivity index (χ4n) is 3.78. The molecule has 6 heteroatoms. The molecule has 0 radical (unpaired) electrons. The smallest absolute Gasteiger partial charge is 0.239 e. The van der Waals surface area contributed by atoms with E-state index in [9.17, 15) is 9.90 Å². The van der Waals surface area contributed by atoms with Gasteiger partial charge in [0.15, 0.2) is 5.76 Å². The van der Waals surface area contributed by atoms with E-state index in [-0.39, 0.29) is 28.8 Å². The SMILES string of the molecule is C=C(C)[C@H]1Cc2c(c(C)c3oc(-c4ccc(O)cc4)c(OC)c(=O)c3c2OC)O1. The van der Waals surface area contributed by atoms with Crippen molar-refractivity contribution in [3.63, 3.8) is 0 Å². The topological polar surface area (TPSA) is 78.1 Å². The third kappa shape index (κ3) is 2.83. The zero-order valence-corrected chi connectivity index (χ0v) is 16.8. The molecule has 0 spiro atoms. The van der Waals surface area contributed by atoms with Crippen LogP contribution in [0.3, 0.4) is 0 Å². The van der Waals surface area contributed by atoms with Gasteiger partial charge in [-0.3, -0.25) is 4.79 Å². The van der Waals surface area contributed by atoms with Gasteiger partial charge in [0.25, 0.3) is 0 Å². The van der Waals surface area contributed by atoms with Crippen LogP contribution in [0.5, 0.6) is 23.0 Å². The van der Waals surface area contributed by atoms with E-state index in [4.69, 9.17) is 18.6 Å². The van der Waals surface area contributed by atoms with E-state index in [1.165, 1.54) is 26.4 Å². The number of rotatable bonds is 4. The van der Waals surface area contributed by atoms with Crippen molar-refractivity contribution in [1.29, 1.82) is 0 Å². The summed E-state index contributed by atoms with van der Waals surface area (Å²) in [5.74, 6) is 1.58. The molecule has 1 atom stereocenters. The summed E-state index contributed by atoms with van der Waals surface area (Å²) in [6, 6.07) is 6.37. The fourth-order valence-corrected chi connectivity index (χ4v) is 3.78. The van der Waals surface area contributed by atoms with Crippen LogP contribution in [0.1, 0.15) is 18.1 Å². The number of hydrogen-bond acceptors (Lipinski definition) is 6. The molecule has 0 bridgehead atoms. The van der Waals surface area contributed by atoms with Crippen LogP contribution >= 0.6 is 0 Å². The number of ether oxygens (including phenoxy) is 3. The summed E-state index contributed by atoms with van der Waals surface area (Å²) >= 11 is 0. The molecule has 0 aliphatic carbocycles. The van der Waals surface area contributed by atoms with Crippen LogP contribution in [-0.2, 0) is 6.42 Å². The zero-order chi connectivity index (χ0) is 20.9. The van der Waals surface area contributed by atoms with Gasteiger partial charge in [-0.1, -0.05) is 6.58 Å². The highest BCUT2D eigenvalue weighted by Crippen LogP contribution is 2.46. The number of fused-ring (bicyclic) bond motifs is 2. The second kappa shape index (κ2) is 6.88. The van der Waals surface area contributed by atoms with Gasteiger partial charge in [-0.15, -0.1) is 0 Å². The minimum absolute atomic E-state index is 0.0798. The number of phenols is 1. The van der Waals surface area contributed by atoms with E-state index in [0.29, 0.717) is 34.5 Å². The summed E-state index contributed by atoms with van der Waals surface area (Å²) in [6.45, 7) is 7.76. The van der Waals surface area contributed by atoms with Crippen LogP contribution in [0, 0.1) is 6.92 Å². The van der Waals surface area contributed by atoms with E-state index in [2.05, 4.69) is 6.58 Å². The second-order valence-electron chi connectivity index (χ2n) is 7.17. The average molecular weight is 394 g/mol. The molecule has 6 nitrogen and oxygen atoms in total. The largest absolute Gasteiger partial charge is 0.508 e. The van der Waals surface area contributed by atoms with Crippen LogP contribution in [0.15, 0.2) is 45.6 Å². The lowest BCUT2D eigenvalue weighted by Crippen LogP contribution is -2.13. The molecule has 0 fully saturated rings. The van der Waals surface area contributed by atoms with Gasteiger partial charge in [0, 0.05) is 23.1 Å². The van der Waals surface area contributed by atoms with Gasteiger partial charge in [-0.2, -0.15) is 0 Å². The van der Waals surface area contributed by atoms with Gasteiger partial charge in [-0.05, 0) is 43.7 Å². The van der Waals surface area contributed by atoms with Crippen LogP contribution < -0.4 is 19.6 Å². The maximum Gasteiger partial charge on any atom is 0.239 e. The van der Waals surface area contributed by atoms with Gasteiger partial charge < -0.3 is 23.7 Å². The van der Waals surface area contributed by atoms with Gasteiger partial charge in [0.05, 0.1) is 14.2 Å². The predicted octanol–water partition coefficient (Wildman–Crippen LogP) is 4.37. The van der Waals surface area contributed by atoms with Crippen LogP contribution in [-0.4, -0.2) is 25.4 Å². The van der Waals surface area contributed by atoms with Crippen LogP contribution in [0.25, 0.3) is 22.3 Å². The van der Waals surface area contributed by atoms with Crippen molar-refractivity contribution in [3.05, 3.63) is 57.8 Å². The first-order valence-corrected chi connectivity index (χ1v) is 9.23. The number of aromatic hydroxyl groups is 1. The van der Waals surface area contributed by atoms with Crippen molar-refractivity contribution in [1.82, 2.24) is 0 Å². The Morgan fingerprint density at radius 2 is 1.83 bits per heavy atom. The van der Waals surface area contributed by atoms with Crippen molar-refractivity contribution in [3.8, 4) is 34.3 Å². The summed E-state index contributed by atoms with van der Waals surface area (Å²) in [5, 5.41) is 9.91. The number of methoxy groups -OCH3 is 2. The molecule has 0 amide bonds. The fraction of sp³-hybridized carbons (Fsp3) is 0.261. The Hall–Kier alpha value is -3.41. The van der Waals surface area contributed by atoms with Crippen molar-refractivity contribution >= 4 is 11.0 Å². The first kappa shape index (κ1) is 18.9. The number of hydrogen-bond donors (Lipinski definition) is 1. The maximum absolute atomic E-state index is 13.4. The molecule has 1 aliphatic heterocycles. The van der Waals surface area contributed by atoms with E-state index < -0.39 is 0 Å². The van der Waals surface area contributed by atoms with Crippen molar-refractivity contribution in [2.75, 3.05) is 14.2 Å². The minimum atomic E-state index is -0.321. The Labute approximate surface area is 167 Å². The normalized spacial score (nSPS) is 15.1. The average Bonchev–Trinajstić information content (AvgIpc) is 3.15. The predicted molar refractivity (Wildman–Crippen MR) is 110 cm³/mol. The van der Waals surface area contributed by atoms with Crippen molar-refractivity contribution in [2.24, 2.45) is 0 Å². The third-order valence-electron chi connectivity index (χ3n) is 5.26. The minimum Gasteiger partial charge on any atom is -0.508 e. The summed E-state index contributed by atoms with van der Waals surface area (Å²) in [4.78, 5) is 13.4. The third-order valence-corrected chi connectivity index (χ3v) is 5.26. The number of benzene rings is 2. The Morgan fingerprint density at radius 1 is 1.17 bits per heavy atom. The summed E-state index contributed by atoms with van der Waals surface area (Å²) in [6.07, 6.45) is 0.398. The van der Waals surface area contributed by atoms with Crippen LogP contribution in [0.4, 0.5) is 0 Å². The molecule has 1 aromatic heterocycles. The Kier molecular flexibility index (Phi) is 4.49. The standard InChI is InChI=1S/C23H22O6/c1-11(2)16-10-15-19(28-16)12(3)20-17(22(15)26-4)18(25)23(27-5)21(29-20)13-6-8-14(24)9-7-13/h6-9,16,24H,1,10H2,2-5H3/t16-/m1/s1. The molecule has 3 aromatic rings. The lowest BCUT2D eigenvalue weighted by Gasteiger charge is -2.16. The van der Waals surface area contributed by atoms with Gasteiger partial charge in [-0.25, -0.2) is 0 Å². The zero-order valence-electron chi connectivity index (χ0n) is 16.8. The van der Waals surface area contributed by atoms with Gasteiger partial charge >= 0.3 is 0 Å². The molecule has 150 valence electrons. The highest BCUT2D eigenvalue weighted by molar-refractivity contribution is 5.93. The van der Waals surface area contributed by atoms with Crippen molar-refractivity contribution < 1.29 is 23.7 Å². The maximum atomic E-state index is 13.4. The molecule has 1 N–H and O–H groups in total. The Balaban J connectivity index is 2.08.